The van der Waals surface area contributed by atoms with Gasteiger partial charge in [-0.3, -0.25) is 14.2 Å². The van der Waals surface area contributed by atoms with Crippen molar-refractivity contribution >= 4 is 44.5 Å². The van der Waals surface area contributed by atoms with Crippen LogP contribution in [0.5, 0.6) is 0 Å². The first-order valence-electron chi connectivity index (χ1n) is 9.94. The van der Waals surface area contributed by atoms with Gasteiger partial charge in [0.25, 0.3) is 5.56 Å². The Morgan fingerprint density at radius 1 is 1.34 bits per heavy atom. The Labute approximate surface area is 184 Å². The lowest BCUT2D eigenvalue weighted by molar-refractivity contribution is -0.132. The zero-order valence-corrected chi connectivity index (χ0v) is 19.8. The van der Waals surface area contributed by atoms with Gasteiger partial charge in [0.1, 0.15) is 0 Å². The quantitative estimate of drug-likeness (QED) is 0.463. The van der Waals surface area contributed by atoms with E-state index in [1.165, 1.54) is 11.8 Å². The number of ether oxygens (including phenoxy) is 1. The second-order valence-electron chi connectivity index (χ2n) is 7.95. The first-order valence-corrected chi connectivity index (χ1v) is 11.6. The van der Waals surface area contributed by atoms with Crippen LogP contribution in [0.15, 0.2) is 32.6 Å². The van der Waals surface area contributed by atoms with Gasteiger partial charge in [-0.05, 0) is 43.4 Å². The predicted octanol–water partition coefficient (Wildman–Crippen LogP) is 3.79. The molecular weight excluding hydrogens is 454 g/mol. The van der Waals surface area contributed by atoms with Crippen molar-refractivity contribution < 1.29 is 9.53 Å². The maximum Gasteiger partial charge on any atom is 0.262 e. The highest BCUT2D eigenvalue weighted by atomic mass is 79.9. The van der Waals surface area contributed by atoms with E-state index in [2.05, 4.69) is 29.8 Å². The summed E-state index contributed by atoms with van der Waals surface area (Å²) in [5.74, 6) is 1.13. The molecule has 3 rings (SSSR count). The van der Waals surface area contributed by atoms with Crippen LogP contribution in [0.3, 0.4) is 0 Å². The minimum atomic E-state index is -0.318. The van der Waals surface area contributed by atoms with Crippen LogP contribution < -0.4 is 5.56 Å². The number of rotatable bonds is 6. The summed E-state index contributed by atoms with van der Waals surface area (Å²) in [6.45, 7) is 8.67. The molecule has 158 valence electrons. The fourth-order valence-electron chi connectivity index (χ4n) is 3.95. The van der Waals surface area contributed by atoms with E-state index < -0.39 is 0 Å². The number of likely N-dealkylation sites (tertiary alicyclic amines) is 1. The third-order valence-electron chi connectivity index (χ3n) is 5.21. The van der Waals surface area contributed by atoms with Crippen molar-refractivity contribution in [3.63, 3.8) is 0 Å². The minimum Gasteiger partial charge on any atom is -0.383 e. The lowest BCUT2D eigenvalue weighted by atomic mass is 9.92. The zero-order valence-electron chi connectivity index (χ0n) is 17.4. The van der Waals surface area contributed by atoms with Gasteiger partial charge in [0, 0.05) is 24.7 Å². The number of hydrogen-bond acceptors (Lipinski definition) is 5. The monoisotopic (exact) mass is 481 g/mol. The van der Waals surface area contributed by atoms with E-state index in [9.17, 15) is 9.59 Å². The van der Waals surface area contributed by atoms with Gasteiger partial charge < -0.3 is 9.64 Å². The molecule has 0 radical (unpaired) electrons. The lowest BCUT2D eigenvalue weighted by Gasteiger charge is -2.36. The highest BCUT2D eigenvalue weighted by Gasteiger charge is 2.29. The van der Waals surface area contributed by atoms with Crippen molar-refractivity contribution in [3.8, 4) is 0 Å². The molecule has 0 bridgehead atoms. The normalized spacial score (nSPS) is 20.8. The molecule has 1 saturated heterocycles. The van der Waals surface area contributed by atoms with E-state index in [0.717, 1.165) is 24.0 Å². The van der Waals surface area contributed by atoms with Crippen LogP contribution in [0.4, 0.5) is 0 Å². The number of halogens is 1. The molecule has 0 aliphatic carbocycles. The average Bonchev–Trinajstić information content (AvgIpc) is 2.67. The standard InChI is InChI=1S/C21H28BrN3O3S/c1-13-9-14(2)12-24(11-13)19(26)15(3)29-21-23-18-6-5-16(22)10-17(18)20(27)25(21)7-8-28-4/h5-6,10,13-15H,7-9,11-12H2,1-4H3. The fourth-order valence-corrected chi connectivity index (χ4v) is 5.33. The van der Waals surface area contributed by atoms with Crippen molar-refractivity contribution in [3.05, 3.63) is 33.0 Å². The molecule has 1 aliphatic heterocycles. The Morgan fingerprint density at radius 2 is 2.03 bits per heavy atom. The molecule has 1 aromatic carbocycles. The van der Waals surface area contributed by atoms with E-state index in [1.807, 2.05) is 24.0 Å². The van der Waals surface area contributed by atoms with Crippen molar-refractivity contribution in [2.45, 2.75) is 44.1 Å². The van der Waals surface area contributed by atoms with Gasteiger partial charge in [0.05, 0.1) is 29.3 Å². The number of carbonyl (C=O) groups excluding carboxylic acids is 1. The number of amides is 1. The van der Waals surface area contributed by atoms with Gasteiger partial charge in [-0.1, -0.05) is 41.5 Å². The Bertz CT molecular complexity index is 939. The second-order valence-corrected chi connectivity index (χ2v) is 10.2. The van der Waals surface area contributed by atoms with Crippen LogP contribution in [0.25, 0.3) is 10.9 Å². The van der Waals surface area contributed by atoms with Gasteiger partial charge in [0.2, 0.25) is 5.91 Å². The molecule has 3 atom stereocenters. The molecule has 1 amide bonds. The minimum absolute atomic E-state index is 0.108. The summed E-state index contributed by atoms with van der Waals surface area (Å²) in [5, 5.41) is 0.791. The van der Waals surface area contributed by atoms with E-state index in [-0.39, 0.29) is 16.7 Å². The molecule has 1 fully saturated rings. The molecule has 2 heterocycles. The number of fused-ring (bicyclic) bond motifs is 1. The Hall–Kier alpha value is -1.38. The van der Waals surface area contributed by atoms with E-state index in [1.54, 1.807) is 17.7 Å². The SMILES string of the molecule is COCCn1c(SC(C)C(=O)N2CC(C)CC(C)C2)nc2ccc(Br)cc2c1=O. The molecule has 3 unspecified atom stereocenters. The highest BCUT2D eigenvalue weighted by molar-refractivity contribution is 9.10. The summed E-state index contributed by atoms with van der Waals surface area (Å²) < 4.78 is 7.63. The molecule has 2 aromatic rings. The lowest BCUT2D eigenvalue weighted by Crippen LogP contribution is -2.45. The van der Waals surface area contributed by atoms with E-state index >= 15 is 0 Å². The van der Waals surface area contributed by atoms with Crippen LogP contribution in [0.2, 0.25) is 0 Å². The van der Waals surface area contributed by atoms with Crippen LogP contribution in [-0.2, 0) is 16.1 Å². The van der Waals surface area contributed by atoms with Gasteiger partial charge in [-0.15, -0.1) is 0 Å². The van der Waals surface area contributed by atoms with Gasteiger partial charge in [0.15, 0.2) is 5.16 Å². The van der Waals surface area contributed by atoms with Crippen LogP contribution >= 0.6 is 27.7 Å². The number of thioether (sulfide) groups is 1. The van der Waals surface area contributed by atoms with Gasteiger partial charge in [-0.2, -0.15) is 0 Å². The predicted molar refractivity (Wildman–Crippen MR) is 120 cm³/mol. The topological polar surface area (TPSA) is 64.4 Å². The van der Waals surface area contributed by atoms with Gasteiger partial charge in [-0.25, -0.2) is 4.98 Å². The van der Waals surface area contributed by atoms with E-state index in [0.29, 0.717) is 41.0 Å². The number of carbonyl (C=O) groups is 1. The maximum atomic E-state index is 13.1. The number of methoxy groups -OCH3 is 1. The zero-order chi connectivity index (χ0) is 21.1. The molecule has 1 aliphatic rings. The van der Waals surface area contributed by atoms with Crippen molar-refractivity contribution in [1.82, 2.24) is 14.5 Å². The van der Waals surface area contributed by atoms with Crippen LogP contribution in [0, 0.1) is 11.8 Å². The molecule has 6 nitrogen and oxygen atoms in total. The third-order valence-corrected chi connectivity index (χ3v) is 6.78. The summed E-state index contributed by atoms with van der Waals surface area (Å²) in [6.07, 6.45) is 1.16. The summed E-state index contributed by atoms with van der Waals surface area (Å²) in [7, 11) is 1.60. The molecule has 0 N–H and O–H groups in total. The maximum absolute atomic E-state index is 13.1. The second kappa shape index (κ2) is 9.62. The number of nitrogens with zero attached hydrogens (tertiary/aromatic N) is 3. The van der Waals surface area contributed by atoms with Crippen LogP contribution in [-0.4, -0.2) is 52.4 Å². The Kier molecular flexibility index (Phi) is 7.40. The molecule has 1 aromatic heterocycles. The molecular formula is C21H28BrN3O3S. The number of piperidine rings is 1. The van der Waals surface area contributed by atoms with Crippen molar-refractivity contribution in [2.75, 3.05) is 26.8 Å². The van der Waals surface area contributed by atoms with Crippen LogP contribution in [0.1, 0.15) is 27.2 Å². The molecule has 0 saturated carbocycles. The largest absolute Gasteiger partial charge is 0.383 e. The summed E-state index contributed by atoms with van der Waals surface area (Å²) in [4.78, 5) is 32.8. The number of aromatic nitrogens is 2. The molecule has 0 spiro atoms. The summed E-state index contributed by atoms with van der Waals surface area (Å²) >= 11 is 4.77. The van der Waals surface area contributed by atoms with Gasteiger partial charge >= 0.3 is 0 Å². The Morgan fingerprint density at radius 3 is 2.69 bits per heavy atom. The number of benzene rings is 1. The molecule has 29 heavy (non-hydrogen) atoms. The fraction of sp³-hybridized carbons (Fsp3) is 0.571. The average molecular weight is 482 g/mol. The van der Waals surface area contributed by atoms with Crippen molar-refractivity contribution in [2.24, 2.45) is 11.8 Å². The Balaban J connectivity index is 1.90. The molecule has 8 heteroatoms. The smallest absolute Gasteiger partial charge is 0.262 e. The summed E-state index contributed by atoms with van der Waals surface area (Å²) in [6, 6.07) is 5.48. The number of hydrogen-bond donors (Lipinski definition) is 0. The van der Waals surface area contributed by atoms with E-state index in [4.69, 9.17) is 9.72 Å². The third kappa shape index (κ3) is 5.22. The highest BCUT2D eigenvalue weighted by Crippen LogP contribution is 2.27. The first-order chi connectivity index (χ1) is 13.8. The first kappa shape index (κ1) is 22.3. The van der Waals surface area contributed by atoms with Crippen molar-refractivity contribution in [1.29, 1.82) is 0 Å². The summed E-state index contributed by atoms with van der Waals surface area (Å²) in [5.41, 5.74) is 0.518.